The maximum atomic E-state index is 12.6. The Morgan fingerprint density at radius 3 is 2.50 bits per heavy atom. The number of unbranched alkanes of at least 4 members (excludes halogenated alkanes) is 2. The molecule has 2 aromatic carbocycles. The number of cyclic esters (lactones) is 1. The molecule has 0 unspecified atom stereocenters. The smallest absolute Gasteiger partial charge is 0.416 e. The first-order chi connectivity index (χ1) is 13.7. The molecule has 1 saturated heterocycles. The molecule has 1 aliphatic rings. The molecule has 28 heavy (non-hydrogen) atoms. The van der Waals surface area contributed by atoms with E-state index < -0.39 is 6.09 Å². The van der Waals surface area contributed by atoms with E-state index in [1.807, 2.05) is 42.5 Å². The number of hydrogen-bond donors (Lipinski definition) is 0. The summed E-state index contributed by atoms with van der Waals surface area (Å²) in [5, 5.41) is 0. The van der Waals surface area contributed by atoms with E-state index in [0.717, 1.165) is 37.0 Å². The maximum Gasteiger partial charge on any atom is 0.416 e. The molecule has 0 spiro atoms. The molecule has 5 heteroatoms. The fourth-order valence-corrected chi connectivity index (χ4v) is 3.50. The maximum absolute atomic E-state index is 12.6. The van der Waals surface area contributed by atoms with Gasteiger partial charge in [-0.05, 0) is 48.9 Å². The van der Waals surface area contributed by atoms with Crippen molar-refractivity contribution in [2.45, 2.75) is 44.6 Å². The van der Waals surface area contributed by atoms with Gasteiger partial charge in [0.2, 0.25) is 5.91 Å². The van der Waals surface area contributed by atoms with E-state index in [4.69, 9.17) is 9.47 Å². The first kappa shape index (κ1) is 19.9. The van der Waals surface area contributed by atoms with Crippen LogP contribution in [-0.4, -0.2) is 36.7 Å². The van der Waals surface area contributed by atoms with Crippen LogP contribution in [0, 0.1) is 0 Å². The number of hydrogen-bond acceptors (Lipinski definition) is 4. The van der Waals surface area contributed by atoms with E-state index in [1.54, 1.807) is 7.11 Å². The average Bonchev–Trinajstić information content (AvgIpc) is 3.09. The minimum atomic E-state index is -0.510. The second kappa shape index (κ2) is 9.93. The predicted molar refractivity (Wildman–Crippen MR) is 107 cm³/mol. The molecule has 1 heterocycles. The highest BCUT2D eigenvalue weighted by molar-refractivity contribution is 5.93. The van der Waals surface area contributed by atoms with E-state index in [1.165, 1.54) is 10.5 Å². The van der Waals surface area contributed by atoms with Gasteiger partial charge >= 0.3 is 6.09 Å². The molecule has 0 aromatic heterocycles. The number of carbonyl (C=O) groups is 2. The van der Waals surface area contributed by atoms with E-state index in [2.05, 4.69) is 12.1 Å². The van der Waals surface area contributed by atoms with Crippen LogP contribution in [0.15, 0.2) is 54.6 Å². The van der Waals surface area contributed by atoms with Crippen LogP contribution in [0.2, 0.25) is 0 Å². The number of ether oxygens (including phenoxy) is 2. The summed E-state index contributed by atoms with van der Waals surface area (Å²) in [6.45, 7) is 0.275. The lowest BCUT2D eigenvalue weighted by Gasteiger charge is -2.19. The number of amides is 2. The Bertz CT molecular complexity index is 773. The number of aryl methyl sites for hydroxylation is 1. The predicted octanol–water partition coefficient (Wildman–Crippen LogP) is 4.39. The Hall–Kier alpha value is -2.82. The summed E-state index contributed by atoms with van der Waals surface area (Å²) in [5.74, 6) is 0.727. The summed E-state index contributed by atoms with van der Waals surface area (Å²) in [4.78, 5) is 25.9. The zero-order chi connectivity index (χ0) is 19.8. The topological polar surface area (TPSA) is 55.8 Å². The van der Waals surface area contributed by atoms with Crippen molar-refractivity contribution in [3.05, 3.63) is 65.7 Å². The lowest BCUT2D eigenvalue weighted by Crippen LogP contribution is -2.40. The molecule has 1 aliphatic heterocycles. The Morgan fingerprint density at radius 1 is 1.04 bits per heavy atom. The summed E-state index contributed by atoms with van der Waals surface area (Å²) in [7, 11) is 1.66. The van der Waals surface area contributed by atoms with Crippen LogP contribution in [-0.2, 0) is 22.4 Å². The molecule has 2 amide bonds. The van der Waals surface area contributed by atoms with Crippen molar-refractivity contribution in [2.75, 3.05) is 13.7 Å². The van der Waals surface area contributed by atoms with Gasteiger partial charge in [-0.1, -0.05) is 48.9 Å². The number of imide groups is 1. The zero-order valence-corrected chi connectivity index (χ0v) is 16.3. The zero-order valence-electron chi connectivity index (χ0n) is 16.3. The average molecular weight is 381 g/mol. The summed E-state index contributed by atoms with van der Waals surface area (Å²) in [5.41, 5.74) is 2.36. The fourth-order valence-electron chi connectivity index (χ4n) is 3.50. The van der Waals surface area contributed by atoms with Crippen molar-refractivity contribution < 1.29 is 19.1 Å². The highest BCUT2D eigenvalue weighted by atomic mass is 16.6. The summed E-state index contributed by atoms with van der Waals surface area (Å²) in [6.07, 6.45) is 4.21. The van der Waals surface area contributed by atoms with Crippen molar-refractivity contribution in [2.24, 2.45) is 0 Å². The van der Waals surface area contributed by atoms with Gasteiger partial charge in [0.25, 0.3) is 0 Å². The standard InChI is InChI=1S/C23H27NO4/c1-27-21-14-12-18(13-15-21)8-4-3-7-11-22(25)24-20(17-28-23(24)26)16-19-9-5-2-6-10-19/h2,5-6,9-10,12-15,20H,3-4,7-8,11,16-17H2,1H3/t20-/m0/s1. The second-order valence-corrected chi connectivity index (χ2v) is 7.09. The van der Waals surface area contributed by atoms with Gasteiger partial charge in [-0.15, -0.1) is 0 Å². The van der Waals surface area contributed by atoms with Gasteiger partial charge in [0, 0.05) is 6.42 Å². The van der Waals surface area contributed by atoms with Crippen molar-refractivity contribution in [1.29, 1.82) is 0 Å². The van der Waals surface area contributed by atoms with Gasteiger partial charge in [-0.25, -0.2) is 9.69 Å². The number of methoxy groups -OCH3 is 1. The van der Waals surface area contributed by atoms with Crippen LogP contribution < -0.4 is 4.74 Å². The SMILES string of the molecule is COc1ccc(CCCCCC(=O)N2C(=O)OC[C@@H]2Cc2ccccc2)cc1. The molecule has 0 N–H and O–H groups in total. The summed E-state index contributed by atoms with van der Waals surface area (Å²) < 4.78 is 10.3. The highest BCUT2D eigenvalue weighted by Gasteiger charge is 2.37. The van der Waals surface area contributed by atoms with Gasteiger partial charge in [0.1, 0.15) is 12.4 Å². The Kier molecular flexibility index (Phi) is 7.06. The second-order valence-electron chi connectivity index (χ2n) is 7.09. The first-order valence-corrected chi connectivity index (χ1v) is 9.83. The Balaban J connectivity index is 1.42. The molecule has 2 aromatic rings. The van der Waals surface area contributed by atoms with E-state index in [9.17, 15) is 9.59 Å². The number of benzene rings is 2. The third-order valence-electron chi connectivity index (χ3n) is 5.06. The number of rotatable bonds is 9. The summed E-state index contributed by atoms with van der Waals surface area (Å²) in [6, 6.07) is 17.7. The van der Waals surface area contributed by atoms with Gasteiger partial charge in [-0.2, -0.15) is 0 Å². The van der Waals surface area contributed by atoms with Crippen molar-refractivity contribution in [3.8, 4) is 5.75 Å². The van der Waals surface area contributed by atoms with Crippen LogP contribution in [0.3, 0.4) is 0 Å². The Labute approximate surface area is 166 Å². The van der Waals surface area contributed by atoms with Gasteiger partial charge in [-0.3, -0.25) is 4.79 Å². The van der Waals surface area contributed by atoms with Crippen LogP contribution >= 0.6 is 0 Å². The molecule has 1 fully saturated rings. The van der Waals surface area contributed by atoms with Crippen LogP contribution in [0.4, 0.5) is 4.79 Å². The lowest BCUT2D eigenvalue weighted by molar-refractivity contribution is -0.129. The molecule has 0 aliphatic carbocycles. The molecule has 3 rings (SSSR count). The minimum absolute atomic E-state index is 0.132. The molecular formula is C23H27NO4. The third-order valence-corrected chi connectivity index (χ3v) is 5.06. The van der Waals surface area contributed by atoms with Crippen LogP contribution in [0.25, 0.3) is 0 Å². The van der Waals surface area contributed by atoms with E-state index >= 15 is 0 Å². The van der Waals surface area contributed by atoms with Gasteiger partial charge < -0.3 is 9.47 Å². The lowest BCUT2D eigenvalue weighted by atomic mass is 10.0. The minimum Gasteiger partial charge on any atom is -0.497 e. The molecule has 1 atom stereocenters. The number of carbonyl (C=O) groups excluding carboxylic acids is 2. The molecular weight excluding hydrogens is 354 g/mol. The molecule has 148 valence electrons. The normalized spacial score (nSPS) is 16.1. The van der Waals surface area contributed by atoms with E-state index in [0.29, 0.717) is 12.8 Å². The van der Waals surface area contributed by atoms with Gasteiger partial charge in [0.15, 0.2) is 0 Å². The third kappa shape index (κ3) is 5.35. The largest absolute Gasteiger partial charge is 0.497 e. The molecule has 0 radical (unpaired) electrons. The van der Waals surface area contributed by atoms with Crippen molar-refractivity contribution in [3.63, 3.8) is 0 Å². The Morgan fingerprint density at radius 2 is 1.79 bits per heavy atom. The van der Waals surface area contributed by atoms with Crippen LogP contribution in [0.5, 0.6) is 5.75 Å². The quantitative estimate of drug-likeness (QED) is 0.605. The fraction of sp³-hybridized carbons (Fsp3) is 0.391. The molecule has 0 saturated carbocycles. The first-order valence-electron chi connectivity index (χ1n) is 9.83. The monoisotopic (exact) mass is 381 g/mol. The van der Waals surface area contributed by atoms with E-state index in [-0.39, 0.29) is 18.6 Å². The van der Waals surface area contributed by atoms with Crippen molar-refractivity contribution >= 4 is 12.0 Å². The number of nitrogens with zero attached hydrogens (tertiary/aromatic N) is 1. The van der Waals surface area contributed by atoms with Gasteiger partial charge in [0.05, 0.1) is 13.2 Å². The highest BCUT2D eigenvalue weighted by Crippen LogP contribution is 2.20. The van der Waals surface area contributed by atoms with Crippen LogP contribution in [0.1, 0.15) is 36.8 Å². The summed E-state index contributed by atoms with van der Waals surface area (Å²) >= 11 is 0. The molecule has 0 bridgehead atoms. The molecule has 5 nitrogen and oxygen atoms in total. The van der Waals surface area contributed by atoms with Crippen molar-refractivity contribution in [1.82, 2.24) is 4.90 Å².